The van der Waals surface area contributed by atoms with Gasteiger partial charge in [-0.15, -0.1) is 0 Å². The summed E-state index contributed by atoms with van der Waals surface area (Å²) in [5, 5.41) is 4.44. The minimum atomic E-state index is -0.646. The van der Waals surface area contributed by atoms with E-state index in [1.54, 1.807) is 38.5 Å². The van der Waals surface area contributed by atoms with E-state index in [9.17, 15) is 4.79 Å². The van der Waals surface area contributed by atoms with E-state index in [2.05, 4.69) is 5.10 Å². The molecule has 7 nitrogen and oxygen atoms in total. The molecule has 1 aliphatic rings. The van der Waals surface area contributed by atoms with Crippen LogP contribution in [0.5, 0.6) is 11.5 Å². The third-order valence-corrected chi connectivity index (χ3v) is 4.93. The number of aromatic nitrogens is 2. The maximum Gasteiger partial charge on any atom is 0.516 e. The molecule has 0 N–H and O–H groups in total. The van der Waals surface area contributed by atoms with Crippen molar-refractivity contribution in [1.82, 2.24) is 9.78 Å². The average molecular weight is 358 g/mol. The van der Waals surface area contributed by atoms with Gasteiger partial charge in [-0.25, -0.2) is 0 Å². The zero-order chi connectivity index (χ0) is 19.1. The lowest BCUT2D eigenvalue weighted by atomic mass is 9.85. The molecule has 138 valence electrons. The van der Waals surface area contributed by atoms with Crippen molar-refractivity contribution >= 4 is 12.7 Å². The van der Waals surface area contributed by atoms with Crippen molar-refractivity contribution in [3.8, 4) is 17.2 Å². The molecule has 1 saturated heterocycles. The highest BCUT2D eigenvalue weighted by Gasteiger charge is 2.52. The number of ether oxygens (including phenoxy) is 2. The van der Waals surface area contributed by atoms with E-state index in [4.69, 9.17) is 18.8 Å². The quantitative estimate of drug-likeness (QED) is 0.773. The van der Waals surface area contributed by atoms with E-state index >= 15 is 0 Å². The van der Waals surface area contributed by atoms with Gasteiger partial charge in [0.1, 0.15) is 0 Å². The van der Waals surface area contributed by atoms with E-state index in [1.807, 2.05) is 27.7 Å². The molecule has 1 fully saturated rings. The minimum Gasteiger partial charge on any atom is -0.493 e. The summed E-state index contributed by atoms with van der Waals surface area (Å²) in [6, 6.07) is 8.24. The van der Waals surface area contributed by atoms with Crippen molar-refractivity contribution in [3.63, 3.8) is 0 Å². The summed E-state index contributed by atoms with van der Waals surface area (Å²) < 4.78 is 23.9. The van der Waals surface area contributed by atoms with Crippen molar-refractivity contribution in [2.75, 3.05) is 14.2 Å². The largest absolute Gasteiger partial charge is 0.516 e. The SMILES string of the molecule is COc1ccc(-n2nc(B3OC(C)(C)C(C)(C)O3)ccc2=O)cc1OC. The Labute approximate surface area is 153 Å². The highest BCUT2D eigenvalue weighted by molar-refractivity contribution is 6.61. The Morgan fingerprint density at radius 3 is 2.15 bits per heavy atom. The summed E-state index contributed by atoms with van der Waals surface area (Å²) in [6.45, 7) is 7.88. The molecule has 0 spiro atoms. The first-order valence-electron chi connectivity index (χ1n) is 8.37. The molecule has 0 atom stereocenters. The van der Waals surface area contributed by atoms with E-state index in [0.717, 1.165) is 0 Å². The Hall–Kier alpha value is -2.32. The van der Waals surface area contributed by atoms with Crippen LogP contribution in [0, 0.1) is 0 Å². The molecular formula is C18H23BN2O5. The van der Waals surface area contributed by atoms with Gasteiger partial charge in [-0.2, -0.15) is 9.78 Å². The minimum absolute atomic E-state index is 0.266. The van der Waals surface area contributed by atoms with Gasteiger partial charge in [-0.05, 0) is 45.9 Å². The van der Waals surface area contributed by atoms with Gasteiger partial charge in [0.05, 0.1) is 36.7 Å². The first kappa shape index (κ1) is 18.5. The molecule has 0 unspecified atom stereocenters. The Balaban J connectivity index is 2.01. The number of methoxy groups -OCH3 is 2. The Kier molecular flexibility index (Phi) is 4.58. The van der Waals surface area contributed by atoms with Crippen LogP contribution in [0.2, 0.25) is 0 Å². The summed E-state index contributed by atoms with van der Waals surface area (Å²) in [4.78, 5) is 12.3. The first-order valence-corrected chi connectivity index (χ1v) is 8.37. The lowest BCUT2D eigenvalue weighted by Gasteiger charge is -2.32. The maximum atomic E-state index is 12.3. The average Bonchev–Trinajstić information content (AvgIpc) is 2.82. The van der Waals surface area contributed by atoms with Gasteiger partial charge in [-0.3, -0.25) is 4.79 Å². The fourth-order valence-corrected chi connectivity index (χ4v) is 2.66. The first-order chi connectivity index (χ1) is 12.2. The highest BCUT2D eigenvalue weighted by Crippen LogP contribution is 2.36. The van der Waals surface area contributed by atoms with Gasteiger partial charge in [0, 0.05) is 12.1 Å². The number of rotatable bonds is 4. The van der Waals surface area contributed by atoms with Gasteiger partial charge in [0.2, 0.25) is 0 Å². The van der Waals surface area contributed by atoms with E-state index in [0.29, 0.717) is 22.8 Å². The number of nitrogens with zero attached hydrogens (tertiary/aromatic N) is 2. The Morgan fingerprint density at radius 1 is 0.962 bits per heavy atom. The standard InChI is InChI=1S/C18H23BN2O5/c1-17(2)18(3,4)26-19(25-17)15-9-10-16(22)21(20-15)12-7-8-13(23-5)14(11-12)24-6/h7-11H,1-6H3. The number of hydrogen-bond donors (Lipinski definition) is 0. The molecule has 0 aliphatic carbocycles. The third-order valence-electron chi connectivity index (χ3n) is 4.93. The van der Waals surface area contributed by atoms with Crippen LogP contribution in [0.4, 0.5) is 0 Å². The fraction of sp³-hybridized carbons (Fsp3) is 0.444. The second-order valence-corrected chi connectivity index (χ2v) is 7.14. The van der Waals surface area contributed by atoms with E-state index in [1.165, 1.54) is 10.7 Å². The zero-order valence-corrected chi connectivity index (χ0v) is 15.9. The fourth-order valence-electron chi connectivity index (χ4n) is 2.66. The summed E-state index contributed by atoms with van der Waals surface area (Å²) in [6.07, 6.45) is 0. The van der Waals surface area contributed by atoms with Crippen LogP contribution in [-0.4, -0.2) is 42.3 Å². The predicted octanol–water partition coefficient (Wildman–Crippen LogP) is 1.55. The second-order valence-electron chi connectivity index (χ2n) is 7.14. The molecule has 8 heteroatoms. The van der Waals surface area contributed by atoms with Gasteiger partial charge in [0.15, 0.2) is 11.5 Å². The Bertz CT molecular complexity index is 862. The summed E-state index contributed by atoms with van der Waals surface area (Å²) in [5.74, 6) is 1.09. The molecule has 2 heterocycles. The predicted molar refractivity (Wildman–Crippen MR) is 98.7 cm³/mol. The molecule has 0 saturated carbocycles. The summed E-state index contributed by atoms with van der Waals surface area (Å²) in [7, 11) is 2.45. The molecule has 1 aliphatic heterocycles. The van der Waals surface area contributed by atoms with Crippen LogP contribution in [0.3, 0.4) is 0 Å². The number of hydrogen-bond acceptors (Lipinski definition) is 6. The molecule has 26 heavy (non-hydrogen) atoms. The van der Waals surface area contributed by atoms with Crippen molar-refractivity contribution in [2.24, 2.45) is 0 Å². The molecule has 3 rings (SSSR count). The maximum absolute atomic E-state index is 12.3. The third kappa shape index (κ3) is 3.10. The van der Waals surface area contributed by atoms with Crippen molar-refractivity contribution in [2.45, 2.75) is 38.9 Å². The van der Waals surface area contributed by atoms with Crippen LogP contribution in [0.1, 0.15) is 27.7 Å². The second kappa shape index (κ2) is 6.44. The van der Waals surface area contributed by atoms with Crippen molar-refractivity contribution < 1.29 is 18.8 Å². The molecular weight excluding hydrogens is 335 g/mol. The lowest BCUT2D eigenvalue weighted by molar-refractivity contribution is 0.00578. The van der Waals surface area contributed by atoms with Crippen LogP contribution in [0.25, 0.3) is 5.69 Å². The van der Waals surface area contributed by atoms with Crippen molar-refractivity contribution in [3.05, 3.63) is 40.7 Å². The van der Waals surface area contributed by atoms with Gasteiger partial charge in [-0.1, -0.05) is 0 Å². The number of benzene rings is 1. The Morgan fingerprint density at radius 2 is 1.58 bits per heavy atom. The van der Waals surface area contributed by atoms with Crippen molar-refractivity contribution in [1.29, 1.82) is 0 Å². The highest BCUT2D eigenvalue weighted by atomic mass is 16.7. The smallest absolute Gasteiger partial charge is 0.493 e. The summed E-state index contributed by atoms with van der Waals surface area (Å²) in [5.41, 5.74) is -0.144. The monoisotopic (exact) mass is 358 g/mol. The molecule has 0 bridgehead atoms. The van der Waals surface area contributed by atoms with Crippen LogP contribution >= 0.6 is 0 Å². The van der Waals surface area contributed by atoms with Crippen LogP contribution in [-0.2, 0) is 9.31 Å². The van der Waals surface area contributed by atoms with E-state index in [-0.39, 0.29) is 5.56 Å². The lowest BCUT2D eigenvalue weighted by Crippen LogP contribution is -2.41. The van der Waals surface area contributed by atoms with E-state index < -0.39 is 18.3 Å². The van der Waals surface area contributed by atoms with Gasteiger partial charge < -0.3 is 18.8 Å². The van der Waals surface area contributed by atoms with Crippen LogP contribution in [0.15, 0.2) is 35.1 Å². The molecule has 1 aromatic carbocycles. The van der Waals surface area contributed by atoms with Crippen LogP contribution < -0.4 is 20.6 Å². The summed E-state index contributed by atoms with van der Waals surface area (Å²) >= 11 is 0. The topological polar surface area (TPSA) is 71.8 Å². The zero-order valence-electron chi connectivity index (χ0n) is 15.9. The normalized spacial score (nSPS) is 18.0. The van der Waals surface area contributed by atoms with Gasteiger partial charge in [0.25, 0.3) is 5.56 Å². The molecule has 2 aromatic rings. The molecule has 0 radical (unpaired) electrons. The molecule has 1 aromatic heterocycles. The van der Waals surface area contributed by atoms with Gasteiger partial charge >= 0.3 is 7.12 Å². The molecule has 0 amide bonds.